The van der Waals surface area contributed by atoms with Gasteiger partial charge in [-0.25, -0.2) is 13.2 Å². The number of aromatic hydroxyl groups is 1. The summed E-state index contributed by atoms with van der Waals surface area (Å²) in [4.78, 5) is 11.2. The third-order valence-electron chi connectivity index (χ3n) is 4.61. The van der Waals surface area contributed by atoms with Crippen molar-refractivity contribution < 1.29 is 28.2 Å². The number of unbranched alkanes of at least 4 members (excludes halogenated alkanes) is 1. The summed E-state index contributed by atoms with van der Waals surface area (Å²) >= 11 is 0. The number of benzene rings is 3. The van der Waals surface area contributed by atoms with Crippen LogP contribution in [0.4, 0.5) is 5.69 Å². The number of hydrogen-bond donors (Lipinski definition) is 3. The molecule has 0 fully saturated rings. The van der Waals surface area contributed by atoms with Gasteiger partial charge in [0.2, 0.25) is 0 Å². The number of carboxylic acid groups (broad SMARTS) is 1. The van der Waals surface area contributed by atoms with E-state index >= 15 is 0 Å². The fraction of sp³-hybridized carbons (Fsp3) is 0.174. The second-order valence-electron chi connectivity index (χ2n) is 6.84. The average molecular weight is 442 g/mol. The van der Waals surface area contributed by atoms with Crippen LogP contribution >= 0.6 is 0 Å². The Hall–Kier alpha value is -3.52. The second-order valence-corrected chi connectivity index (χ2v) is 8.52. The second kappa shape index (κ2) is 9.53. The number of phenols is 1. The molecule has 0 radical (unpaired) electrons. The highest BCUT2D eigenvalue weighted by atomic mass is 32.2. The van der Waals surface area contributed by atoms with E-state index in [1.807, 2.05) is 24.3 Å². The molecule has 0 unspecified atom stereocenters. The quantitative estimate of drug-likeness (QED) is 0.327. The number of sulfonamides is 1. The number of para-hydroxylation sites is 2. The Balaban J connectivity index is 1.94. The highest BCUT2D eigenvalue weighted by Crippen LogP contribution is 2.33. The predicted molar refractivity (Wildman–Crippen MR) is 118 cm³/mol. The molecule has 3 aromatic rings. The maximum atomic E-state index is 12.9. The van der Waals surface area contributed by atoms with Gasteiger partial charge in [-0.2, -0.15) is 0 Å². The number of rotatable bonds is 9. The van der Waals surface area contributed by atoms with Gasteiger partial charge < -0.3 is 14.9 Å². The molecule has 0 spiro atoms. The number of carbonyl (C=O) groups is 1. The van der Waals surface area contributed by atoms with E-state index in [4.69, 9.17) is 9.84 Å². The van der Waals surface area contributed by atoms with Gasteiger partial charge in [-0.3, -0.25) is 4.72 Å². The molecule has 0 saturated heterocycles. The smallest absolute Gasteiger partial charge is 0.339 e. The van der Waals surface area contributed by atoms with Gasteiger partial charge in [0.05, 0.1) is 17.2 Å². The maximum Gasteiger partial charge on any atom is 0.339 e. The van der Waals surface area contributed by atoms with Crippen molar-refractivity contribution in [3.63, 3.8) is 0 Å². The van der Waals surface area contributed by atoms with Crippen molar-refractivity contribution in [1.29, 1.82) is 0 Å². The van der Waals surface area contributed by atoms with Gasteiger partial charge in [0.25, 0.3) is 10.0 Å². The molecule has 0 atom stereocenters. The van der Waals surface area contributed by atoms with Crippen LogP contribution in [-0.4, -0.2) is 31.2 Å². The molecule has 0 amide bonds. The van der Waals surface area contributed by atoms with E-state index < -0.39 is 27.3 Å². The number of nitrogens with one attached hydrogen (secondary N) is 1. The van der Waals surface area contributed by atoms with Gasteiger partial charge in [0.15, 0.2) is 5.75 Å². The zero-order chi connectivity index (χ0) is 22.4. The zero-order valence-electron chi connectivity index (χ0n) is 16.9. The van der Waals surface area contributed by atoms with Crippen LogP contribution in [0.3, 0.4) is 0 Å². The monoisotopic (exact) mass is 441 g/mol. The van der Waals surface area contributed by atoms with Gasteiger partial charge in [-0.15, -0.1) is 0 Å². The normalized spacial score (nSPS) is 11.1. The van der Waals surface area contributed by atoms with E-state index in [0.717, 1.165) is 18.4 Å². The van der Waals surface area contributed by atoms with Crippen LogP contribution < -0.4 is 9.46 Å². The maximum absolute atomic E-state index is 12.9. The Kier molecular flexibility index (Phi) is 6.81. The number of aromatic carboxylic acids is 1. The van der Waals surface area contributed by atoms with Crippen molar-refractivity contribution in [2.45, 2.75) is 24.7 Å². The Morgan fingerprint density at radius 3 is 2.52 bits per heavy atom. The summed E-state index contributed by atoms with van der Waals surface area (Å²) < 4.78 is 33.9. The standard InChI is InChI=1S/C23H23NO6S/c1-2-3-14-30-21-13-5-4-10-18(21)16-8-6-9-17(15-16)31(28,29)24-20-12-7-11-19(22(20)25)23(26)27/h4-13,15,24-25H,2-3,14H2,1H3,(H,26,27). The number of carboxylic acids is 1. The fourth-order valence-electron chi connectivity index (χ4n) is 2.99. The molecule has 31 heavy (non-hydrogen) atoms. The largest absolute Gasteiger partial charge is 0.505 e. The van der Waals surface area contributed by atoms with Crippen molar-refractivity contribution in [3.05, 3.63) is 72.3 Å². The third kappa shape index (κ3) is 5.16. The van der Waals surface area contributed by atoms with E-state index in [0.29, 0.717) is 17.9 Å². The zero-order valence-corrected chi connectivity index (χ0v) is 17.7. The van der Waals surface area contributed by atoms with Crippen LogP contribution in [0, 0.1) is 0 Å². The van der Waals surface area contributed by atoms with Crippen LogP contribution in [0.15, 0.2) is 71.6 Å². The van der Waals surface area contributed by atoms with Gasteiger partial charge >= 0.3 is 5.97 Å². The fourth-order valence-corrected chi connectivity index (χ4v) is 4.10. The summed E-state index contributed by atoms with van der Waals surface area (Å²) in [5, 5.41) is 19.2. The number of anilines is 1. The van der Waals surface area contributed by atoms with Crippen LogP contribution in [-0.2, 0) is 10.0 Å². The molecule has 0 aromatic heterocycles. The molecule has 8 heteroatoms. The average Bonchev–Trinajstić information content (AvgIpc) is 2.75. The Labute approximate surface area is 181 Å². The minimum absolute atomic E-state index is 0.0338. The van der Waals surface area contributed by atoms with Crippen molar-refractivity contribution in [1.82, 2.24) is 0 Å². The van der Waals surface area contributed by atoms with Crippen molar-refractivity contribution in [3.8, 4) is 22.6 Å². The third-order valence-corrected chi connectivity index (χ3v) is 5.97. The molecule has 3 N–H and O–H groups in total. The van der Waals surface area contributed by atoms with Crippen LogP contribution in [0.5, 0.6) is 11.5 Å². The van der Waals surface area contributed by atoms with Gasteiger partial charge in [0.1, 0.15) is 11.3 Å². The Morgan fingerprint density at radius 1 is 1.03 bits per heavy atom. The van der Waals surface area contributed by atoms with E-state index in [2.05, 4.69) is 11.6 Å². The molecule has 0 aliphatic carbocycles. The SMILES string of the molecule is CCCCOc1ccccc1-c1cccc(S(=O)(=O)Nc2cccc(C(=O)O)c2O)c1. The topological polar surface area (TPSA) is 113 Å². The first kappa shape index (κ1) is 22.2. The molecule has 0 aliphatic rings. The Morgan fingerprint density at radius 2 is 1.77 bits per heavy atom. The number of hydrogen-bond acceptors (Lipinski definition) is 5. The molecule has 3 rings (SSSR count). The van der Waals surface area contributed by atoms with Crippen molar-refractivity contribution in [2.75, 3.05) is 11.3 Å². The lowest BCUT2D eigenvalue weighted by Gasteiger charge is -2.14. The molecule has 7 nitrogen and oxygen atoms in total. The lowest BCUT2D eigenvalue weighted by Crippen LogP contribution is -2.14. The molecule has 0 bridgehead atoms. The van der Waals surface area contributed by atoms with Crippen LogP contribution in [0.2, 0.25) is 0 Å². The predicted octanol–water partition coefficient (Wildman–Crippen LogP) is 4.74. The first-order valence-corrected chi connectivity index (χ1v) is 11.2. The van der Waals surface area contributed by atoms with E-state index in [9.17, 15) is 18.3 Å². The van der Waals surface area contributed by atoms with Crippen molar-refractivity contribution in [2.24, 2.45) is 0 Å². The van der Waals surface area contributed by atoms with Crippen LogP contribution in [0.1, 0.15) is 30.1 Å². The lowest BCUT2D eigenvalue weighted by molar-refractivity contribution is 0.0694. The molecule has 162 valence electrons. The minimum atomic E-state index is -4.09. The first-order chi connectivity index (χ1) is 14.8. The van der Waals surface area contributed by atoms with Gasteiger partial charge in [0, 0.05) is 5.56 Å². The summed E-state index contributed by atoms with van der Waals surface area (Å²) in [6.07, 6.45) is 1.91. The van der Waals surface area contributed by atoms with E-state index in [-0.39, 0.29) is 10.6 Å². The summed E-state index contributed by atoms with van der Waals surface area (Å²) in [6.45, 7) is 2.63. The summed E-state index contributed by atoms with van der Waals surface area (Å²) in [5.74, 6) is -1.35. The molecule has 0 saturated carbocycles. The molecule has 3 aromatic carbocycles. The molecule has 0 heterocycles. The summed E-state index contributed by atoms with van der Waals surface area (Å²) in [7, 11) is -4.09. The number of ether oxygens (including phenoxy) is 1. The minimum Gasteiger partial charge on any atom is -0.505 e. The van der Waals surface area contributed by atoms with Gasteiger partial charge in [-0.05, 0) is 42.3 Å². The lowest BCUT2D eigenvalue weighted by atomic mass is 10.0. The Bertz CT molecular complexity index is 1190. The summed E-state index contributed by atoms with van der Waals surface area (Å²) in [5.41, 5.74) is 0.797. The highest BCUT2D eigenvalue weighted by molar-refractivity contribution is 7.92. The van der Waals surface area contributed by atoms with E-state index in [1.165, 1.54) is 30.3 Å². The van der Waals surface area contributed by atoms with E-state index in [1.54, 1.807) is 12.1 Å². The molecular formula is C23H23NO6S. The van der Waals surface area contributed by atoms with Crippen molar-refractivity contribution >= 4 is 21.7 Å². The van der Waals surface area contributed by atoms with Gasteiger partial charge in [-0.1, -0.05) is 49.7 Å². The first-order valence-electron chi connectivity index (χ1n) is 9.74. The molecular weight excluding hydrogens is 418 g/mol. The van der Waals surface area contributed by atoms with Crippen LogP contribution in [0.25, 0.3) is 11.1 Å². The molecule has 0 aliphatic heterocycles. The highest BCUT2D eigenvalue weighted by Gasteiger charge is 2.20. The summed E-state index contributed by atoms with van der Waals surface area (Å²) in [6, 6.07) is 17.5.